The van der Waals surface area contributed by atoms with Gasteiger partial charge in [0.05, 0.1) is 5.56 Å². The number of hydrogen-bond donors (Lipinski definition) is 0. The van der Waals surface area contributed by atoms with Crippen LogP contribution in [0.5, 0.6) is 0 Å². The van der Waals surface area contributed by atoms with Crippen molar-refractivity contribution in [2.75, 3.05) is 11.9 Å². The molecule has 1 aliphatic carbocycles. The fraction of sp³-hybridized carbons (Fsp3) is 0.533. The lowest BCUT2D eigenvalue weighted by Crippen LogP contribution is -2.40. The standard InChI is InChI=1S/C15H19BrFNO/c1-11-6-7-13(14(17)10-11)15(19)18(9-8-16)12-4-2-3-5-12/h6-7,10,12H,2-5,8-9H2,1H3. The highest BCUT2D eigenvalue weighted by atomic mass is 79.9. The van der Waals surface area contributed by atoms with Crippen molar-refractivity contribution in [3.8, 4) is 0 Å². The van der Waals surface area contributed by atoms with Gasteiger partial charge in [-0.2, -0.15) is 0 Å². The quantitative estimate of drug-likeness (QED) is 0.768. The molecule has 104 valence electrons. The first kappa shape index (κ1) is 14.5. The van der Waals surface area contributed by atoms with Crippen LogP contribution >= 0.6 is 15.9 Å². The van der Waals surface area contributed by atoms with Crippen LogP contribution in [0.2, 0.25) is 0 Å². The Morgan fingerprint density at radius 2 is 2.11 bits per heavy atom. The first-order valence-corrected chi connectivity index (χ1v) is 7.88. The minimum atomic E-state index is -0.414. The number of halogens is 2. The molecule has 0 bridgehead atoms. The summed E-state index contributed by atoms with van der Waals surface area (Å²) in [6, 6.07) is 5.08. The smallest absolute Gasteiger partial charge is 0.257 e. The van der Waals surface area contributed by atoms with Gasteiger partial charge in [0.1, 0.15) is 5.82 Å². The van der Waals surface area contributed by atoms with E-state index in [4.69, 9.17) is 0 Å². The van der Waals surface area contributed by atoms with Gasteiger partial charge in [0.25, 0.3) is 5.91 Å². The minimum Gasteiger partial charge on any atom is -0.335 e. The number of benzene rings is 1. The molecule has 4 heteroatoms. The molecule has 0 heterocycles. The normalized spacial score (nSPS) is 15.7. The Balaban J connectivity index is 2.22. The van der Waals surface area contributed by atoms with Crippen LogP contribution in [0.25, 0.3) is 0 Å². The number of nitrogens with zero attached hydrogens (tertiary/aromatic N) is 1. The summed E-state index contributed by atoms with van der Waals surface area (Å²) in [6.07, 6.45) is 4.39. The molecule has 1 amide bonds. The fourth-order valence-corrected chi connectivity index (χ4v) is 3.09. The van der Waals surface area contributed by atoms with E-state index in [1.165, 1.54) is 6.07 Å². The van der Waals surface area contributed by atoms with Gasteiger partial charge in [-0.05, 0) is 37.5 Å². The van der Waals surface area contributed by atoms with E-state index >= 15 is 0 Å². The topological polar surface area (TPSA) is 20.3 Å². The number of aryl methyl sites for hydroxylation is 1. The SMILES string of the molecule is Cc1ccc(C(=O)N(CCBr)C2CCCC2)c(F)c1. The molecule has 2 rings (SSSR count). The monoisotopic (exact) mass is 327 g/mol. The van der Waals surface area contributed by atoms with Crippen molar-refractivity contribution in [3.63, 3.8) is 0 Å². The Kier molecular flexibility index (Phi) is 4.97. The van der Waals surface area contributed by atoms with E-state index in [1.54, 1.807) is 12.1 Å². The van der Waals surface area contributed by atoms with Crippen LogP contribution in [0, 0.1) is 12.7 Å². The van der Waals surface area contributed by atoms with E-state index < -0.39 is 5.82 Å². The van der Waals surface area contributed by atoms with Gasteiger partial charge in [0, 0.05) is 17.9 Å². The molecule has 1 aromatic rings. The summed E-state index contributed by atoms with van der Waals surface area (Å²) < 4.78 is 13.9. The van der Waals surface area contributed by atoms with E-state index in [1.807, 2.05) is 11.8 Å². The predicted molar refractivity (Wildman–Crippen MR) is 78.2 cm³/mol. The van der Waals surface area contributed by atoms with E-state index in [9.17, 15) is 9.18 Å². The van der Waals surface area contributed by atoms with Crippen molar-refractivity contribution in [2.24, 2.45) is 0 Å². The number of hydrogen-bond acceptors (Lipinski definition) is 1. The summed E-state index contributed by atoms with van der Waals surface area (Å²) in [7, 11) is 0. The van der Waals surface area contributed by atoms with Crippen LogP contribution in [0.1, 0.15) is 41.6 Å². The second-order valence-corrected chi connectivity index (χ2v) is 5.90. The molecule has 0 aliphatic heterocycles. The van der Waals surface area contributed by atoms with Crippen molar-refractivity contribution in [1.82, 2.24) is 4.90 Å². The van der Waals surface area contributed by atoms with Crippen molar-refractivity contribution in [1.29, 1.82) is 0 Å². The molecule has 2 nitrogen and oxygen atoms in total. The zero-order chi connectivity index (χ0) is 13.8. The molecule has 0 unspecified atom stereocenters. The van der Waals surface area contributed by atoms with Gasteiger partial charge in [-0.3, -0.25) is 4.79 Å². The summed E-state index contributed by atoms with van der Waals surface area (Å²) in [6.45, 7) is 2.46. The zero-order valence-corrected chi connectivity index (χ0v) is 12.7. The van der Waals surface area contributed by atoms with Crippen LogP contribution in [0.15, 0.2) is 18.2 Å². The summed E-state index contributed by atoms with van der Waals surface area (Å²) >= 11 is 3.38. The third kappa shape index (κ3) is 3.35. The number of amides is 1. The van der Waals surface area contributed by atoms with Gasteiger partial charge in [0.15, 0.2) is 0 Å². The summed E-state index contributed by atoms with van der Waals surface area (Å²) in [5, 5.41) is 0.725. The Morgan fingerprint density at radius 3 is 2.68 bits per heavy atom. The molecule has 0 spiro atoms. The minimum absolute atomic E-state index is 0.177. The zero-order valence-electron chi connectivity index (χ0n) is 11.2. The number of carbonyl (C=O) groups is 1. The maximum atomic E-state index is 13.9. The van der Waals surface area contributed by atoms with Gasteiger partial charge in [-0.15, -0.1) is 0 Å². The molecule has 0 N–H and O–H groups in total. The molecular formula is C15H19BrFNO. The second-order valence-electron chi connectivity index (χ2n) is 5.11. The van der Waals surface area contributed by atoms with Crippen molar-refractivity contribution < 1.29 is 9.18 Å². The Morgan fingerprint density at radius 1 is 1.42 bits per heavy atom. The second kappa shape index (κ2) is 6.51. The first-order valence-electron chi connectivity index (χ1n) is 6.76. The highest BCUT2D eigenvalue weighted by molar-refractivity contribution is 9.09. The van der Waals surface area contributed by atoms with E-state index in [2.05, 4.69) is 15.9 Å². The molecule has 0 saturated heterocycles. The van der Waals surface area contributed by atoms with Crippen molar-refractivity contribution >= 4 is 21.8 Å². The molecule has 1 saturated carbocycles. The summed E-state index contributed by atoms with van der Waals surface area (Å²) in [5.41, 5.74) is 1.03. The van der Waals surface area contributed by atoms with E-state index in [0.29, 0.717) is 6.54 Å². The Hall–Kier alpha value is -0.900. The summed E-state index contributed by atoms with van der Waals surface area (Å²) in [4.78, 5) is 14.3. The van der Waals surface area contributed by atoms with Gasteiger partial charge in [-0.1, -0.05) is 34.8 Å². The molecule has 1 fully saturated rings. The van der Waals surface area contributed by atoms with E-state index in [0.717, 1.165) is 36.6 Å². The van der Waals surface area contributed by atoms with Crippen molar-refractivity contribution in [2.45, 2.75) is 38.6 Å². The number of alkyl halides is 1. The largest absolute Gasteiger partial charge is 0.335 e. The maximum absolute atomic E-state index is 13.9. The van der Waals surface area contributed by atoms with E-state index in [-0.39, 0.29) is 17.5 Å². The predicted octanol–water partition coefficient (Wildman–Crippen LogP) is 3.91. The lowest BCUT2D eigenvalue weighted by Gasteiger charge is -2.28. The Labute approximate surface area is 122 Å². The number of rotatable bonds is 4. The van der Waals surface area contributed by atoms with Crippen LogP contribution < -0.4 is 0 Å². The molecule has 1 aliphatic rings. The van der Waals surface area contributed by atoms with Gasteiger partial charge < -0.3 is 4.90 Å². The van der Waals surface area contributed by atoms with Crippen LogP contribution in [0.4, 0.5) is 4.39 Å². The van der Waals surface area contributed by atoms with Crippen LogP contribution in [0.3, 0.4) is 0 Å². The highest BCUT2D eigenvalue weighted by Gasteiger charge is 2.28. The van der Waals surface area contributed by atoms with Gasteiger partial charge >= 0.3 is 0 Å². The Bertz CT molecular complexity index is 457. The van der Waals surface area contributed by atoms with Crippen molar-refractivity contribution in [3.05, 3.63) is 35.1 Å². The first-order chi connectivity index (χ1) is 9.13. The lowest BCUT2D eigenvalue weighted by molar-refractivity contribution is 0.0691. The highest BCUT2D eigenvalue weighted by Crippen LogP contribution is 2.25. The third-order valence-electron chi connectivity index (χ3n) is 3.71. The molecular weight excluding hydrogens is 309 g/mol. The lowest BCUT2D eigenvalue weighted by atomic mass is 10.1. The molecule has 0 atom stereocenters. The summed E-state index contributed by atoms with van der Waals surface area (Å²) in [5.74, 6) is -0.591. The molecule has 19 heavy (non-hydrogen) atoms. The number of carbonyl (C=O) groups excluding carboxylic acids is 1. The third-order valence-corrected chi connectivity index (χ3v) is 4.06. The average Bonchev–Trinajstić information content (AvgIpc) is 2.89. The van der Waals surface area contributed by atoms with Gasteiger partial charge in [-0.25, -0.2) is 4.39 Å². The molecule has 0 radical (unpaired) electrons. The average molecular weight is 328 g/mol. The van der Waals surface area contributed by atoms with Gasteiger partial charge in [0.2, 0.25) is 0 Å². The maximum Gasteiger partial charge on any atom is 0.257 e. The fourth-order valence-electron chi connectivity index (χ4n) is 2.71. The molecule has 1 aromatic carbocycles. The molecule has 0 aromatic heterocycles. The van der Waals surface area contributed by atoms with Crippen LogP contribution in [-0.4, -0.2) is 28.7 Å². The van der Waals surface area contributed by atoms with Crippen LogP contribution in [-0.2, 0) is 0 Å².